The number of rotatable bonds is 3. The predicted molar refractivity (Wildman–Crippen MR) is 70.9 cm³/mol. The van der Waals surface area contributed by atoms with Gasteiger partial charge >= 0.3 is 0 Å². The maximum atomic E-state index is 13.8. The fourth-order valence-corrected chi connectivity index (χ4v) is 3.16. The number of aryl methyl sites for hydroxylation is 1. The molecule has 0 amide bonds. The van der Waals surface area contributed by atoms with Gasteiger partial charge in [0.05, 0.1) is 5.38 Å². The Labute approximate surface area is 112 Å². The molecule has 2 rings (SSSR count). The van der Waals surface area contributed by atoms with Crippen molar-refractivity contribution >= 4 is 11.6 Å². The highest BCUT2D eigenvalue weighted by Gasteiger charge is 2.21. The van der Waals surface area contributed by atoms with Crippen molar-refractivity contribution in [1.82, 2.24) is 0 Å². The van der Waals surface area contributed by atoms with Crippen LogP contribution in [0.4, 0.5) is 8.78 Å². The molecule has 0 nitrogen and oxygen atoms in total. The van der Waals surface area contributed by atoms with Crippen molar-refractivity contribution in [2.24, 2.45) is 5.92 Å². The largest absolute Gasteiger partial charge is 0.207 e. The monoisotopic (exact) mass is 272 g/mol. The van der Waals surface area contributed by atoms with Gasteiger partial charge in [0.15, 0.2) is 0 Å². The van der Waals surface area contributed by atoms with Gasteiger partial charge in [0.25, 0.3) is 0 Å². The SMILES string of the molecule is Cc1cc(F)c(C(Cl)CC2CCCCC2)cc1F. The summed E-state index contributed by atoms with van der Waals surface area (Å²) in [5.74, 6) is -0.199. The van der Waals surface area contributed by atoms with Gasteiger partial charge in [0, 0.05) is 5.56 Å². The van der Waals surface area contributed by atoms with E-state index in [0.29, 0.717) is 17.0 Å². The Morgan fingerprint density at radius 3 is 2.50 bits per heavy atom. The lowest BCUT2D eigenvalue weighted by molar-refractivity contribution is 0.334. The molecule has 0 spiro atoms. The van der Waals surface area contributed by atoms with Gasteiger partial charge in [-0.05, 0) is 37.0 Å². The summed E-state index contributed by atoms with van der Waals surface area (Å²) in [6.07, 6.45) is 6.84. The van der Waals surface area contributed by atoms with E-state index in [9.17, 15) is 8.78 Å². The van der Waals surface area contributed by atoms with E-state index in [1.807, 2.05) is 0 Å². The molecule has 1 saturated carbocycles. The van der Waals surface area contributed by atoms with Crippen molar-refractivity contribution in [2.45, 2.75) is 50.8 Å². The van der Waals surface area contributed by atoms with Crippen LogP contribution in [0.5, 0.6) is 0 Å². The van der Waals surface area contributed by atoms with Crippen LogP contribution in [0.1, 0.15) is 55.0 Å². The molecule has 0 saturated heterocycles. The first-order valence-electron chi connectivity index (χ1n) is 6.67. The lowest BCUT2D eigenvalue weighted by Gasteiger charge is -2.24. The van der Waals surface area contributed by atoms with Crippen LogP contribution in [0, 0.1) is 24.5 Å². The van der Waals surface area contributed by atoms with Crippen LogP contribution in [0.3, 0.4) is 0 Å². The molecule has 0 heterocycles. The lowest BCUT2D eigenvalue weighted by atomic mass is 9.85. The van der Waals surface area contributed by atoms with Gasteiger partial charge in [0.1, 0.15) is 11.6 Å². The summed E-state index contributed by atoms with van der Waals surface area (Å²) < 4.78 is 27.3. The molecule has 1 aromatic rings. The standard InChI is InChI=1S/C15H19ClF2/c1-10-7-15(18)12(9-14(10)17)13(16)8-11-5-3-2-4-6-11/h7,9,11,13H,2-6,8H2,1H3. The summed E-state index contributed by atoms with van der Waals surface area (Å²) >= 11 is 6.26. The normalized spacial score (nSPS) is 18.9. The van der Waals surface area contributed by atoms with Gasteiger partial charge < -0.3 is 0 Å². The fourth-order valence-electron chi connectivity index (χ4n) is 2.74. The number of hydrogen-bond donors (Lipinski definition) is 0. The summed E-state index contributed by atoms with van der Waals surface area (Å²) in [6.45, 7) is 1.56. The fraction of sp³-hybridized carbons (Fsp3) is 0.600. The van der Waals surface area contributed by atoms with Gasteiger partial charge in [-0.1, -0.05) is 32.1 Å². The summed E-state index contributed by atoms with van der Waals surface area (Å²) in [5.41, 5.74) is 0.642. The van der Waals surface area contributed by atoms with Crippen molar-refractivity contribution in [1.29, 1.82) is 0 Å². The molecular weight excluding hydrogens is 254 g/mol. The van der Waals surface area contributed by atoms with E-state index in [1.54, 1.807) is 6.92 Å². The smallest absolute Gasteiger partial charge is 0.128 e. The first-order chi connectivity index (χ1) is 8.58. The average molecular weight is 273 g/mol. The molecule has 1 unspecified atom stereocenters. The highest BCUT2D eigenvalue weighted by atomic mass is 35.5. The molecule has 18 heavy (non-hydrogen) atoms. The highest BCUT2D eigenvalue weighted by molar-refractivity contribution is 6.20. The van der Waals surface area contributed by atoms with E-state index >= 15 is 0 Å². The Hall–Kier alpha value is -0.630. The summed E-state index contributed by atoms with van der Waals surface area (Å²) in [5, 5.41) is -0.414. The first kappa shape index (κ1) is 13.8. The third-order valence-corrected chi connectivity index (χ3v) is 4.29. The van der Waals surface area contributed by atoms with Crippen molar-refractivity contribution in [3.63, 3.8) is 0 Å². The Balaban J connectivity index is 2.08. The quantitative estimate of drug-likeness (QED) is 0.635. The van der Waals surface area contributed by atoms with E-state index in [1.165, 1.54) is 44.2 Å². The molecule has 3 heteroatoms. The van der Waals surface area contributed by atoms with Crippen molar-refractivity contribution in [2.75, 3.05) is 0 Å². The van der Waals surface area contributed by atoms with E-state index in [2.05, 4.69) is 0 Å². The molecule has 100 valence electrons. The molecule has 0 radical (unpaired) electrons. The summed E-state index contributed by atoms with van der Waals surface area (Å²) in [4.78, 5) is 0. The second kappa shape index (κ2) is 6.01. The molecule has 0 bridgehead atoms. The highest BCUT2D eigenvalue weighted by Crippen LogP contribution is 2.36. The maximum absolute atomic E-state index is 13.8. The Bertz CT molecular complexity index is 411. The van der Waals surface area contributed by atoms with Gasteiger partial charge in [0.2, 0.25) is 0 Å². The second-order valence-electron chi connectivity index (χ2n) is 5.33. The van der Waals surface area contributed by atoms with Crippen LogP contribution in [0.25, 0.3) is 0 Å². The number of benzene rings is 1. The number of hydrogen-bond acceptors (Lipinski definition) is 0. The van der Waals surface area contributed by atoms with Gasteiger partial charge in [-0.15, -0.1) is 11.6 Å². The second-order valence-corrected chi connectivity index (χ2v) is 5.86. The van der Waals surface area contributed by atoms with E-state index in [0.717, 1.165) is 6.42 Å². The predicted octanol–water partition coefficient (Wildman–Crippen LogP) is 5.52. The van der Waals surface area contributed by atoms with Gasteiger partial charge in [-0.2, -0.15) is 0 Å². The molecular formula is C15H19ClF2. The minimum atomic E-state index is -0.414. The molecule has 0 N–H and O–H groups in total. The Kier molecular flexibility index (Phi) is 4.60. The van der Waals surface area contributed by atoms with Crippen molar-refractivity contribution < 1.29 is 8.78 Å². The van der Waals surface area contributed by atoms with E-state index in [4.69, 9.17) is 11.6 Å². The van der Waals surface area contributed by atoms with Gasteiger partial charge in [-0.3, -0.25) is 0 Å². The average Bonchev–Trinajstić information content (AvgIpc) is 2.35. The topological polar surface area (TPSA) is 0 Å². The third-order valence-electron chi connectivity index (χ3n) is 3.88. The molecule has 1 aliphatic rings. The van der Waals surface area contributed by atoms with Crippen molar-refractivity contribution in [3.05, 3.63) is 34.9 Å². The summed E-state index contributed by atoms with van der Waals surface area (Å²) in [7, 11) is 0. The van der Waals surface area contributed by atoms with Crippen LogP contribution in [-0.4, -0.2) is 0 Å². The van der Waals surface area contributed by atoms with Crippen LogP contribution in [0.2, 0.25) is 0 Å². The van der Waals surface area contributed by atoms with Gasteiger partial charge in [-0.25, -0.2) is 8.78 Å². The molecule has 1 atom stereocenters. The minimum absolute atomic E-state index is 0.311. The maximum Gasteiger partial charge on any atom is 0.128 e. The van der Waals surface area contributed by atoms with Crippen LogP contribution < -0.4 is 0 Å². The lowest BCUT2D eigenvalue weighted by Crippen LogP contribution is -2.10. The Morgan fingerprint density at radius 2 is 1.83 bits per heavy atom. The van der Waals surface area contributed by atoms with E-state index < -0.39 is 5.38 Å². The zero-order chi connectivity index (χ0) is 13.1. The Morgan fingerprint density at radius 1 is 1.17 bits per heavy atom. The number of halogens is 3. The molecule has 0 aromatic heterocycles. The van der Waals surface area contributed by atoms with Crippen LogP contribution >= 0.6 is 11.6 Å². The number of alkyl halides is 1. The zero-order valence-corrected chi connectivity index (χ0v) is 11.4. The van der Waals surface area contributed by atoms with Crippen molar-refractivity contribution in [3.8, 4) is 0 Å². The summed E-state index contributed by atoms with van der Waals surface area (Å²) in [6, 6.07) is 2.49. The molecule has 1 aromatic carbocycles. The molecule has 1 aliphatic carbocycles. The zero-order valence-electron chi connectivity index (χ0n) is 10.7. The molecule has 1 fully saturated rings. The van der Waals surface area contributed by atoms with E-state index in [-0.39, 0.29) is 11.6 Å². The first-order valence-corrected chi connectivity index (χ1v) is 7.11. The third kappa shape index (κ3) is 3.23. The van der Waals surface area contributed by atoms with Crippen LogP contribution in [-0.2, 0) is 0 Å². The minimum Gasteiger partial charge on any atom is -0.207 e. The molecule has 0 aliphatic heterocycles. The van der Waals surface area contributed by atoms with Crippen LogP contribution in [0.15, 0.2) is 12.1 Å².